The first kappa shape index (κ1) is 35.3. The lowest BCUT2D eigenvalue weighted by Gasteiger charge is -2.24. The van der Waals surface area contributed by atoms with Crippen LogP contribution in [0, 0.1) is 0 Å². The fraction of sp³-hybridized carbons (Fsp3) is 0.314. The van der Waals surface area contributed by atoms with E-state index >= 15 is 0 Å². The van der Waals surface area contributed by atoms with Crippen LogP contribution in [0.4, 0.5) is 11.4 Å². The first-order valence-electron chi connectivity index (χ1n) is 15.8. The van der Waals surface area contributed by atoms with Crippen LogP contribution >= 0.6 is 23.2 Å². The third kappa shape index (κ3) is 7.81. The summed E-state index contributed by atoms with van der Waals surface area (Å²) in [6.07, 6.45) is 6.00. The molecule has 0 radical (unpaired) electrons. The van der Waals surface area contributed by atoms with Gasteiger partial charge in [0.05, 0.1) is 63.3 Å². The lowest BCUT2D eigenvalue weighted by molar-refractivity contribution is -0.670. The summed E-state index contributed by atoms with van der Waals surface area (Å²) in [5.41, 5.74) is 3.80. The zero-order valence-electron chi connectivity index (χ0n) is 27.1. The average molecular weight is 714 g/mol. The number of halogens is 2. The summed E-state index contributed by atoms with van der Waals surface area (Å²) in [7, 11) is -4.40. The van der Waals surface area contributed by atoms with Gasteiger partial charge in [-0.05, 0) is 69.7 Å². The van der Waals surface area contributed by atoms with Crippen molar-refractivity contribution in [1.82, 2.24) is 4.57 Å². The van der Waals surface area contributed by atoms with E-state index < -0.39 is 21.8 Å². The molecule has 3 aromatic carbocycles. The number of carbonyl (C=O) groups is 1. The standard InChI is InChI=1S/C35H38Cl2N4O6S/c1-4-38-29-17-16-25(35(42)46-6-3)22-30(29)40(18-11-21-48(43,44)45)33(38)14-10-15-34-39(5-2)31-23-27(36)28(37)24-32(31)41(34)19-20-47-26-12-8-7-9-13-26/h7-10,12-17,22-24H,4-6,11,18-21H2,1-3H3. The number of hydrogen-bond acceptors (Lipinski definition) is 8. The van der Waals surface area contributed by atoms with E-state index in [0.29, 0.717) is 41.8 Å². The Balaban J connectivity index is 1.55. The molecule has 0 fully saturated rings. The van der Waals surface area contributed by atoms with Crippen LogP contribution in [0.5, 0.6) is 5.75 Å². The Morgan fingerprint density at radius 3 is 2.31 bits per heavy atom. The number of rotatable bonds is 14. The van der Waals surface area contributed by atoms with Crippen LogP contribution in [0.15, 0.2) is 78.6 Å². The van der Waals surface area contributed by atoms with E-state index in [0.717, 1.165) is 39.8 Å². The molecule has 5 rings (SSSR count). The van der Waals surface area contributed by atoms with Gasteiger partial charge in [-0.25, -0.2) is 22.3 Å². The molecule has 0 amide bonds. The van der Waals surface area contributed by atoms with Gasteiger partial charge in [-0.2, -0.15) is 0 Å². The Kier molecular flexibility index (Phi) is 11.4. The normalized spacial score (nSPS) is 14.0. The number of fused-ring (bicyclic) bond motifs is 2. The summed E-state index contributed by atoms with van der Waals surface area (Å²) in [6, 6.07) is 18.7. The van der Waals surface area contributed by atoms with Gasteiger partial charge in [0.1, 0.15) is 18.2 Å². The molecule has 2 heterocycles. The first-order chi connectivity index (χ1) is 23.1. The molecule has 0 unspecified atom stereocenters. The summed E-state index contributed by atoms with van der Waals surface area (Å²) in [4.78, 5) is 16.9. The maximum atomic E-state index is 12.6. The van der Waals surface area contributed by atoms with Crippen molar-refractivity contribution in [3.8, 4) is 5.75 Å². The number of aromatic nitrogens is 2. The summed E-state index contributed by atoms with van der Waals surface area (Å²) in [5.74, 6) is 1.50. The Bertz CT molecular complexity index is 1960. The fourth-order valence-electron chi connectivity index (χ4n) is 5.94. The van der Waals surface area contributed by atoms with Gasteiger partial charge in [-0.3, -0.25) is 0 Å². The van der Waals surface area contributed by atoms with E-state index in [1.165, 1.54) is 0 Å². The molecule has 13 heteroatoms. The highest BCUT2D eigenvalue weighted by Crippen LogP contribution is 2.45. The molecular weight excluding hydrogens is 675 g/mol. The smallest absolute Gasteiger partial charge is 0.338 e. The molecule has 254 valence electrons. The van der Waals surface area contributed by atoms with Crippen LogP contribution in [0.3, 0.4) is 0 Å². The number of esters is 1. The number of carbonyl (C=O) groups excluding carboxylic acids is 1. The van der Waals surface area contributed by atoms with E-state index in [-0.39, 0.29) is 19.6 Å². The number of allylic oxidation sites excluding steroid dienone is 2. The van der Waals surface area contributed by atoms with Gasteiger partial charge in [-0.15, -0.1) is 0 Å². The molecule has 0 saturated carbocycles. The lowest BCUT2D eigenvalue weighted by atomic mass is 10.2. The minimum Gasteiger partial charge on any atom is -0.748 e. The monoisotopic (exact) mass is 712 g/mol. The molecular formula is C35H38Cl2N4O6S. The second-order valence-electron chi connectivity index (χ2n) is 11.0. The minimum atomic E-state index is -4.40. The summed E-state index contributed by atoms with van der Waals surface area (Å²) < 4.78 is 49.7. The van der Waals surface area contributed by atoms with Gasteiger partial charge < -0.3 is 23.8 Å². The highest BCUT2D eigenvalue weighted by Gasteiger charge is 2.31. The number of imidazole rings is 1. The van der Waals surface area contributed by atoms with Crippen LogP contribution in [0.1, 0.15) is 43.4 Å². The largest absolute Gasteiger partial charge is 0.748 e. The van der Waals surface area contributed by atoms with Gasteiger partial charge in [0, 0.05) is 24.4 Å². The van der Waals surface area contributed by atoms with Crippen molar-refractivity contribution in [2.24, 2.45) is 0 Å². The number of hydrogen-bond donors (Lipinski definition) is 0. The molecule has 0 saturated heterocycles. The van der Waals surface area contributed by atoms with E-state index in [1.807, 2.05) is 78.2 Å². The van der Waals surface area contributed by atoms with Crippen LogP contribution in [-0.4, -0.2) is 55.6 Å². The van der Waals surface area contributed by atoms with Crippen LogP contribution in [0.2, 0.25) is 10.0 Å². The number of anilines is 2. The Morgan fingerprint density at radius 2 is 1.67 bits per heavy atom. The number of ether oxygens (including phenoxy) is 2. The Morgan fingerprint density at radius 1 is 0.958 bits per heavy atom. The quantitative estimate of drug-likeness (QED) is 0.0813. The molecule has 10 nitrogen and oxygen atoms in total. The SMILES string of the molecule is CCOC(=O)c1ccc2c(c1)n(CCCS(=O)(=O)[O-])c(/C=C/C=C1\N(CC)c3cc(Cl)c(Cl)cc3N1CCOc1ccccc1)[n+]2CC. The maximum absolute atomic E-state index is 12.6. The first-order valence-corrected chi connectivity index (χ1v) is 18.2. The van der Waals surface area contributed by atoms with E-state index in [2.05, 4.69) is 21.3 Å². The molecule has 0 atom stereocenters. The van der Waals surface area contributed by atoms with Gasteiger partial charge in [-0.1, -0.05) is 47.5 Å². The molecule has 4 aromatic rings. The maximum Gasteiger partial charge on any atom is 0.338 e. The Labute approximate surface area is 291 Å². The van der Waals surface area contributed by atoms with Crippen molar-refractivity contribution in [2.45, 2.75) is 40.3 Å². The fourth-order valence-corrected chi connectivity index (χ4v) is 6.74. The van der Waals surface area contributed by atoms with Gasteiger partial charge in [0.25, 0.3) is 5.82 Å². The van der Waals surface area contributed by atoms with Crippen molar-refractivity contribution in [3.05, 3.63) is 100 Å². The van der Waals surface area contributed by atoms with Gasteiger partial charge >= 0.3 is 5.97 Å². The Hall–Kier alpha value is -4.03. The summed E-state index contributed by atoms with van der Waals surface area (Å²) >= 11 is 12.9. The molecule has 1 aliphatic rings. The van der Waals surface area contributed by atoms with Crippen molar-refractivity contribution in [2.75, 3.05) is 41.9 Å². The number of aryl methyl sites for hydroxylation is 2. The topological polar surface area (TPSA) is 108 Å². The summed E-state index contributed by atoms with van der Waals surface area (Å²) in [5, 5.41) is 0.912. The molecule has 1 aromatic heterocycles. The van der Waals surface area contributed by atoms with Crippen LogP contribution in [-0.2, 0) is 27.9 Å². The third-order valence-corrected chi connectivity index (χ3v) is 9.51. The zero-order valence-corrected chi connectivity index (χ0v) is 29.4. The molecule has 48 heavy (non-hydrogen) atoms. The zero-order chi connectivity index (χ0) is 34.4. The highest BCUT2D eigenvalue weighted by molar-refractivity contribution is 7.85. The predicted molar refractivity (Wildman–Crippen MR) is 189 cm³/mol. The minimum absolute atomic E-state index is 0.112. The van der Waals surface area contributed by atoms with Crippen molar-refractivity contribution in [3.63, 3.8) is 0 Å². The predicted octanol–water partition coefficient (Wildman–Crippen LogP) is 6.65. The molecule has 1 aliphatic heterocycles. The number of para-hydroxylation sites is 1. The molecule has 0 bridgehead atoms. The van der Waals surface area contributed by atoms with Crippen LogP contribution in [0.25, 0.3) is 17.1 Å². The number of nitrogens with zero attached hydrogens (tertiary/aromatic N) is 4. The second-order valence-corrected chi connectivity index (χ2v) is 13.3. The van der Waals surface area contributed by atoms with Crippen molar-refractivity contribution < 1.29 is 31.8 Å². The molecule has 0 aliphatic carbocycles. The molecule has 0 spiro atoms. The van der Waals surface area contributed by atoms with Crippen LogP contribution < -0.4 is 19.1 Å². The average Bonchev–Trinajstić information content (AvgIpc) is 3.51. The van der Waals surface area contributed by atoms with Gasteiger partial charge in [0.2, 0.25) is 0 Å². The third-order valence-electron chi connectivity index (χ3n) is 8.00. The van der Waals surface area contributed by atoms with Crippen molar-refractivity contribution >= 4 is 67.8 Å². The lowest BCUT2D eigenvalue weighted by Crippen LogP contribution is -2.35. The van der Waals surface area contributed by atoms with Gasteiger partial charge in [0.15, 0.2) is 11.0 Å². The highest BCUT2D eigenvalue weighted by atomic mass is 35.5. The second kappa shape index (κ2) is 15.5. The van der Waals surface area contributed by atoms with E-state index in [1.54, 1.807) is 19.1 Å². The van der Waals surface area contributed by atoms with E-state index in [4.69, 9.17) is 32.7 Å². The molecule has 0 N–H and O–H groups in total. The number of benzene rings is 3. The van der Waals surface area contributed by atoms with E-state index in [9.17, 15) is 17.8 Å². The summed E-state index contributed by atoms with van der Waals surface area (Å²) in [6.45, 7) is 8.51. The van der Waals surface area contributed by atoms with Crippen molar-refractivity contribution in [1.29, 1.82) is 0 Å².